The molecule has 0 spiro atoms. The van der Waals surface area contributed by atoms with Crippen molar-refractivity contribution in [2.24, 2.45) is 0 Å². The van der Waals surface area contributed by atoms with E-state index in [1.165, 1.54) is 6.07 Å². The number of fused-ring (bicyclic) bond motifs is 1. The Kier molecular flexibility index (Phi) is 5.20. The summed E-state index contributed by atoms with van der Waals surface area (Å²) in [5.74, 6) is 0.132. The van der Waals surface area contributed by atoms with Crippen LogP contribution < -0.4 is 10.1 Å². The fourth-order valence-corrected chi connectivity index (χ4v) is 3.44. The maximum atomic E-state index is 13.9. The van der Waals surface area contributed by atoms with Crippen LogP contribution in [0.2, 0.25) is 5.02 Å². The molecule has 28 heavy (non-hydrogen) atoms. The molecule has 0 bridgehead atoms. The van der Waals surface area contributed by atoms with Crippen LogP contribution in [0.3, 0.4) is 0 Å². The Hall–Kier alpha value is -2.63. The summed E-state index contributed by atoms with van der Waals surface area (Å²) in [6.45, 7) is 0.133. The Labute approximate surface area is 174 Å². The lowest BCUT2D eigenvalue weighted by Gasteiger charge is -2.08. The van der Waals surface area contributed by atoms with Gasteiger partial charge < -0.3 is 10.1 Å². The van der Waals surface area contributed by atoms with Crippen molar-refractivity contribution >= 4 is 50.8 Å². The normalized spacial score (nSPS) is 14.1. The van der Waals surface area contributed by atoms with E-state index in [1.54, 1.807) is 48.5 Å². The van der Waals surface area contributed by atoms with E-state index in [1.807, 2.05) is 12.1 Å². The van der Waals surface area contributed by atoms with Crippen LogP contribution in [-0.4, -0.2) is 5.91 Å². The van der Waals surface area contributed by atoms with E-state index < -0.39 is 0 Å². The van der Waals surface area contributed by atoms with Gasteiger partial charge in [-0.3, -0.25) is 4.79 Å². The van der Waals surface area contributed by atoms with Crippen molar-refractivity contribution in [2.75, 3.05) is 5.32 Å². The topological polar surface area (TPSA) is 38.3 Å². The summed E-state index contributed by atoms with van der Waals surface area (Å²) in [7, 11) is 0. The molecule has 4 rings (SSSR count). The Morgan fingerprint density at radius 2 is 1.86 bits per heavy atom. The van der Waals surface area contributed by atoms with Crippen molar-refractivity contribution in [3.63, 3.8) is 0 Å². The molecule has 140 valence electrons. The van der Waals surface area contributed by atoms with Crippen LogP contribution in [0.5, 0.6) is 5.75 Å². The molecule has 1 aliphatic rings. The molecule has 1 N–H and O–H groups in total. The number of rotatable bonds is 4. The molecular weight excluding hydrogens is 445 g/mol. The second-order valence-electron chi connectivity index (χ2n) is 6.30. The quantitative estimate of drug-likeness (QED) is 0.465. The zero-order chi connectivity index (χ0) is 19.7. The van der Waals surface area contributed by atoms with Crippen LogP contribution >= 0.6 is 27.5 Å². The predicted octanol–water partition coefficient (Wildman–Crippen LogP) is 6.31. The van der Waals surface area contributed by atoms with Crippen LogP contribution in [0.25, 0.3) is 11.6 Å². The third-order valence-electron chi connectivity index (χ3n) is 4.37. The van der Waals surface area contributed by atoms with Crippen LogP contribution in [-0.2, 0) is 11.4 Å². The van der Waals surface area contributed by atoms with Gasteiger partial charge in [-0.25, -0.2) is 4.39 Å². The summed E-state index contributed by atoms with van der Waals surface area (Å²) in [5.41, 5.74) is 3.41. The minimum atomic E-state index is -0.319. The molecule has 3 aromatic carbocycles. The van der Waals surface area contributed by atoms with E-state index >= 15 is 0 Å². The molecule has 0 radical (unpaired) electrons. The smallest absolute Gasteiger partial charge is 0.256 e. The third kappa shape index (κ3) is 3.96. The predicted molar refractivity (Wildman–Crippen MR) is 113 cm³/mol. The highest BCUT2D eigenvalue weighted by Gasteiger charge is 2.24. The second-order valence-corrected chi connectivity index (χ2v) is 7.65. The summed E-state index contributed by atoms with van der Waals surface area (Å²) >= 11 is 9.29. The number of anilines is 1. The fraction of sp³-hybridized carbons (Fsp3) is 0.0455. The number of hydrogen-bond donors (Lipinski definition) is 1. The summed E-state index contributed by atoms with van der Waals surface area (Å²) in [6.07, 6.45) is 1.80. The monoisotopic (exact) mass is 457 g/mol. The highest BCUT2D eigenvalue weighted by Crippen LogP contribution is 2.35. The molecule has 6 heteroatoms. The van der Waals surface area contributed by atoms with E-state index in [4.69, 9.17) is 16.3 Å². The van der Waals surface area contributed by atoms with Gasteiger partial charge in [0.05, 0.1) is 0 Å². The summed E-state index contributed by atoms with van der Waals surface area (Å²) in [5, 5.41) is 3.40. The number of hydrogen-bond acceptors (Lipinski definition) is 2. The first-order valence-corrected chi connectivity index (χ1v) is 9.66. The Bertz CT molecular complexity index is 1100. The molecule has 0 atom stereocenters. The third-order valence-corrected chi connectivity index (χ3v) is 5.09. The minimum absolute atomic E-state index is 0.133. The van der Waals surface area contributed by atoms with E-state index in [9.17, 15) is 9.18 Å². The van der Waals surface area contributed by atoms with Gasteiger partial charge in [0.2, 0.25) is 0 Å². The molecule has 3 aromatic rings. The van der Waals surface area contributed by atoms with Crippen molar-refractivity contribution < 1.29 is 13.9 Å². The molecule has 0 aliphatic carbocycles. The highest BCUT2D eigenvalue weighted by atomic mass is 79.9. The number of benzene rings is 3. The van der Waals surface area contributed by atoms with Gasteiger partial charge in [-0.05, 0) is 54.1 Å². The lowest BCUT2D eigenvalue weighted by molar-refractivity contribution is -0.110. The van der Waals surface area contributed by atoms with Crippen LogP contribution in [0.1, 0.15) is 16.7 Å². The number of nitrogens with one attached hydrogen (secondary N) is 1. The van der Waals surface area contributed by atoms with Crippen molar-refractivity contribution in [3.05, 3.63) is 92.7 Å². The lowest BCUT2D eigenvalue weighted by atomic mass is 10.0. The minimum Gasteiger partial charge on any atom is -0.489 e. The second kappa shape index (κ2) is 7.78. The number of ether oxygens (including phenoxy) is 1. The summed E-state index contributed by atoms with van der Waals surface area (Å²) < 4.78 is 20.2. The van der Waals surface area contributed by atoms with E-state index in [0.29, 0.717) is 26.4 Å². The van der Waals surface area contributed by atoms with Gasteiger partial charge in [0.15, 0.2) is 0 Å². The first kappa shape index (κ1) is 18.7. The maximum absolute atomic E-state index is 13.9. The van der Waals surface area contributed by atoms with Crippen LogP contribution in [0.15, 0.2) is 65.1 Å². The van der Waals surface area contributed by atoms with Gasteiger partial charge >= 0.3 is 0 Å². The van der Waals surface area contributed by atoms with Crippen molar-refractivity contribution in [2.45, 2.75) is 6.61 Å². The van der Waals surface area contributed by atoms with Crippen molar-refractivity contribution in [1.82, 2.24) is 0 Å². The SMILES string of the molecule is O=C1Nc2ccc(Cl)cc2/C1=C/c1ccc(OCc2ccc(Br)cc2F)cc1. The average Bonchev–Trinajstić information content (AvgIpc) is 2.97. The summed E-state index contributed by atoms with van der Waals surface area (Å²) in [6, 6.07) is 17.4. The number of amides is 1. The standard InChI is InChI=1S/C22H14BrClFNO2/c23-15-4-3-14(20(25)10-15)12-28-17-6-1-13(2-7-17)9-19-18-11-16(24)5-8-21(18)26-22(19)27/h1-11H,12H2,(H,26,27)/b19-9-. The zero-order valence-corrected chi connectivity index (χ0v) is 16.9. The van der Waals surface area contributed by atoms with Gasteiger partial charge in [-0.15, -0.1) is 0 Å². The highest BCUT2D eigenvalue weighted by molar-refractivity contribution is 9.10. The molecule has 0 unspecified atom stereocenters. The fourth-order valence-electron chi connectivity index (χ4n) is 2.93. The van der Waals surface area contributed by atoms with E-state index in [0.717, 1.165) is 16.8 Å². The first-order valence-electron chi connectivity index (χ1n) is 8.49. The van der Waals surface area contributed by atoms with Crippen LogP contribution in [0.4, 0.5) is 10.1 Å². The van der Waals surface area contributed by atoms with Gasteiger partial charge in [0, 0.05) is 31.9 Å². The van der Waals surface area contributed by atoms with Crippen LogP contribution in [0, 0.1) is 5.82 Å². The average molecular weight is 459 g/mol. The van der Waals surface area contributed by atoms with Crippen molar-refractivity contribution in [1.29, 1.82) is 0 Å². The Balaban J connectivity index is 1.50. The lowest BCUT2D eigenvalue weighted by Crippen LogP contribution is -2.03. The number of carbonyl (C=O) groups excluding carboxylic acids is 1. The van der Waals surface area contributed by atoms with Gasteiger partial charge in [0.1, 0.15) is 18.2 Å². The molecule has 1 heterocycles. The Morgan fingerprint density at radius 1 is 1.07 bits per heavy atom. The molecule has 3 nitrogen and oxygen atoms in total. The Morgan fingerprint density at radius 3 is 2.61 bits per heavy atom. The van der Waals surface area contributed by atoms with Gasteiger partial charge in [-0.2, -0.15) is 0 Å². The number of carbonyl (C=O) groups is 1. The summed E-state index contributed by atoms with van der Waals surface area (Å²) in [4.78, 5) is 12.2. The van der Waals surface area contributed by atoms with Crippen molar-refractivity contribution in [3.8, 4) is 5.75 Å². The van der Waals surface area contributed by atoms with Gasteiger partial charge in [-0.1, -0.05) is 45.7 Å². The molecule has 0 aromatic heterocycles. The number of halogens is 3. The molecular formula is C22H14BrClFNO2. The molecule has 0 saturated carbocycles. The molecule has 0 fully saturated rings. The molecule has 0 saturated heterocycles. The molecule has 1 amide bonds. The van der Waals surface area contributed by atoms with E-state index in [2.05, 4.69) is 21.2 Å². The van der Waals surface area contributed by atoms with Gasteiger partial charge in [0.25, 0.3) is 5.91 Å². The largest absolute Gasteiger partial charge is 0.489 e. The molecule has 1 aliphatic heterocycles. The zero-order valence-electron chi connectivity index (χ0n) is 14.5. The maximum Gasteiger partial charge on any atom is 0.256 e. The van der Waals surface area contributed by atoms with E-state index in [-0.39, 0.29) is 18.3 Å². The first-order chi connectivity index (χ1) is 13.5.